The van der Waals surface area contributed by atoms with E-state index >= 15 is 0 Å². The van der Waals surface area contributed by atoms with Crippen molar-refractivity contribution < 1.29 is 10.3 Å². The van der Waals surface area contributed by atoms with E-state index in [2.05, 4.69) is 15.1 Å². The normalized spacial score (nSPS) is 11.6. The van der Waals surface area contributed by atoms with E-state index < -0.39 is 0 Å². The first-order valence-electron chi connectivity index (χ1n) is 5.82. The summed E-state index contributed by atoms with van der Waals surface area (Å²) in [6.07, 6.45) is 4.29. The largest absolute Gasteiger partial charge is 0.409 e. The highest BCUT2D eigenvalue weighted by Crippen LogP contribution is 2.07. The zero-order valence-electron chi connectivity index (χ0n) is 10.5. The van der Waals surface area contributed by atoms with Crippen molar-refractivity contribution in [1.29, 1.82) is 0 Å². The van der Waals surface area contributed by atoms with Gasteiger partial charge in [-0.25, -0.2) is 9.97 Å². The van der Waals surface area contributed by atoms with Gasteiger partial charge in [-0.15, -0.1) is 0 Å². The van der Waals surface area contributed by atoms with Crippen molar-refractivity contribution in [1.82, 2.24) is 9.97 Å². The van der Waals surface area contributed by atoms with Gasteiger partial charge in [-0.1, -0.05) is 5.16 Å². The van der Waals surface area contributed by atoms with E-state index in [9.17, 15) is 0 Å². The first-order valence-corrected chi connectivity index (χ1v) is 5.82. The third kappa shape index (κ3) is 4.17. The molecular formula is C11H19N5O2. The van der Waals surface area contributed by atoms with Crippen LogP contribution in [-0.4, -0.2) is 46.3 Å². The standard InChI is InChI=1S/C11H19N5O2/c1-16(7-3-2-4-8-17)11-13-6-5-9(14-11)10(12)15-18/h5-6,17-18H,2-4,7-8H2,1H3,(H2,12,15). The molecule has 0 aliphatic rings. The average Bonchev–Trinajstić information content (AvgIpc) is 2.42. The molecule has 0 unspecified atom stereocenters. The summed E-state index contributed by atoms with van der Waals surface area (Å²) < 4.78 is 0. The third-order valence-electron chi connectivity index (χ3n) is 2.51. The van der Waals surface area contributed by atoms with Crippen LogP contribution in [0.1, 0.15) is 25.0 Å². The number of hydrogen-bond acceptors (Lipinski definition) is 6. The van der Waals surface area contributed by atoms with Crippen molar-refractivity contribution in [2.75, 3.05) is 25.1 Å². The Morgan fingerprint density at radius 2 is 2.22 bits per heavy atom. The first kappa shape index (κ1) is 14.2. The molecule has 0 fully saturated rings. The quantitative estimate of drug-likeness (QED) is 0.210. The predicted molar refractivity (Wildman–Crippen MR) is 68.7 cm³/mol. The number of aliphatic hydroxyl groups excluding tert-OH is 1. The molecule has 7 heteroatoms. The van der Waals surface area contributed by atoms with E-state index in [1.807, 2.05) is 11.9 Å². The van der Waals surface area contributed by atoms with Crippen LogP contribution in [0.4, 0.5) is 5.95 Å². The van der Waals surface area contributed by atoms with Crippen LogP contribution in [0.25, 0.3) is 0 Å². The smallest absolute Gasteiger partial charge is 0.225 e. The summed E-state index contributed by atoms with van der Waals surface area (Å²) in [5.74, 6) is 0.496. The van der Waals surface area contributed by atoms with Crippen LogP contribution in [-0.2, 0) is 0 Å². The maximum Gasteiger partial charge on any atom is 0.225 e. The molecule has 1 heterocycles. The first-order chi connectivity index (χ1) is 8.69. The zero-order chi connectivity index (χ0) is 13.4. The van der Waals surface area contributed by atoms with Crippen LogP contribution >= 0.6 is 0 Å². The number of rotatable bonds is 7. The van der Waals surface area contributed by atoms with E-state index in [0.717, 1.165) is 25.8 Å². The van der Waals surface area contributed by atoms with Crippen LogP contribution in [0.15, 0.2) is 17.4 Å². The molecule has 4 N–H and O–H groups in total. The van der Waals surface area contributed by atoms with Gasteiger partial charge in [-0.3, -0.25) is 0 Å². The van der Waals surface area contributed by atoms with E-state index in [1.54, 1.807) is 12.3 Å². The van der Waals surface area contributed by atoms with Crippen molar-refractivity contribution >= 4 is 11.8 Å². The van der Waals surface area contributed by atoms with Crippen molar-refractivity contribution in [2.24, 2.45) is 10.9 Å². The summed E-state index contributed by atoms with van der Waals surface area (Å²) in [6.45, 7) is 1.01. The van der Waals surface area contributed by atoms with Crippen LogP contribution in [0.3, 0.4) is 0 Å². The second kappa shape index (κ2) is 7.44. The average molecular weight is 253 g/mol. The molecule has 7 nitrogen and oxygen atoms in total. The molecule has 0 aromatic carbocycles. The van der Waals surface area contributed by atoms with Gasteiger partial charge in [0.15, 0.2) is 5.84 Å². The van der Waals surface area contributed by atoms with Crippen molar-refractivity contribution in [3.8, 4) is 0 Å². The second-order valence-electron chi connectivity index (χ2n) is 3.93. The lowest BCUT2D eigenvalue weighted by Gasteiger charge is -2.16. The fourth-order valence-corrected chi connectivity index (χ4v) is 1.46. The summed E-state index contributed by atoms with van der Waals surface area (Å²) in [7, 11) is 1.88. The van der Waals surface area contributed by atoms with Gasteiger partial charge in [0.2, 0.25) is 5.95 Å². The number of hydrogen-bond donors (Lipinski definition) is 3. The van der Waals surface area contributed by atoms with Crippen molar-refractivity contribution in [2.45, 2.75) is 19.3 Å². The molecule has 0 amide bonds. The molecular weight excluding hydrogens is 234 g/mol. The van der Waals surface area contributed by atoms with Gasteiger partial charge in [0, 0.05) is 26.4 Å². The Balaban J connectivity index is 2.60. The molecule has 0 saturated heterocycles. The maximum absolute atomic E-state index is 8.68. The number of aliphatic hydroxyl groups is 1. The van der Waals surface area contributed by atoms with Gasteiger partial charge < -0.3 is 20.9 Å². The third-order valence-corrected chi connectivity index (χ3v) is 2.51. The number of anilines is 1. The number of aromatic nitrogens is 2. The highest BCUT2D eigenvalue weighted by atomic mass is 16.4. The minimum Gasteiger partial charge on any atom is -0.409 e. The van der Waals surface area contributed by atoms with Gasteiger partial charge >= 0.3 is 0 Å². The van der Waals surface area contributed by atoms with Gasteiger partial charge in [-0.2, -0.15) is 0 Å². The Morgan fingerprint density at radius 3 is 2.89 bits per heavy atom. The van der Waals surface area contributed by atoms with Crippen LogP contribution in [0, 0.1) is 0 Å². The minimum atomic E-state index is -0.0349. The number of oxime groups is 1. The fourth-order valence-electron chi connectivity index (χ4n) is 1.46. The van der Waals surface area contributed by atoms with Gasteiger partial charge in [0.1, 0.15) is 5.69 Å². The van der Waals surface area contributed by atoms with Crippen molar-refractivity contribution in [3.05, 3.63) is 18.0 Å². The van der Waals surface area contributed by atoms with Gasteiger partial charge in [0.05, 0.1) is 0 Å². The predicted octanol–water partition coefficient (Wildman–Crippen LogP) is 0.170. The molecule has 0 aliphatic heterocycles. The maximum atomic E-state index is 8.68. The number of amidine groups is 1. The molecule has 18 heavy (non-hydrogen) atoms. The fraction of sp³-hybridized carbons (Fsp3) is 0.545. The molecule has 1 rings (SSSR count). The van der Waals surface area contributed by atoms with Gasteiger partial charge in [-0.05, 0) is 25.3 Å². The lowest BCUT2D eigenvalue weighted by atomic mass is 10.2. The summed E-state index contributed by atoms with van der Waals surface area (Å²) >= 11 is 0. The van der Waals surface area contributed by atoms with Crippen LogP contribution in [0.2, 0.25) is 0 Å². The van der Waals surface area contributed by atoms with Crippen LogP contribution in [0.5, 0.6) is 0 Å². The van der Waals surface area contributed by atoms with Crippen molar-refractivity contribution in [3.63, 3.8) is 0 Å². The highest BCUT2D eigenvalue weighted by molar-refractivity contribution is 5.95. The topological polar surface area (TPSA) is 108 Å². The number of nitrogens with zero attached hydrogens (tertiary/aromatic N) is 4. The molecule has 0 aliphatic carbocycles. The number of unbranched alkanes of at least 4 members (excludes halogenated alkanes) is 2. The summed E-state index contributed by atoms with van der Waals surface area (Å²) in [5.41, 5.74) is 5.86. The monoisotopic (exact) mass is 253 g/mol. The van der Waals surface area contributed by atoms with Gasteiger partial charge in [0.25, 0.3) is 0 Å². The van der Waals surface area contributed by atoms with Crippen LogP contribution < -0.4 is 10.6 Å². The second-order valence-corrected chi connectivity index (χ2v) is 3.93. The lowest BCUT2D eigenvalue weighted by molar-refractivity contribution is 0.283. The molecule has 1 aromatic heterocycles. The molecule has 0 radical (unpaired) electrons. The Hall–Kier alpha value is -1.89. The summed E-state index contributed by atoms with van der Waals surface area (Å²) in [6, 6.07) is 1.58. The molecule has 1 aromatic rings. The molecule has 0 bridgehead atoms. The van der Waals surface area contributed by atoms with E-state index in [4.69, 9.17) is 16.0 Å². The highest BCUT2D eigenvalue weighted by Gasteiger charge is 2.07. The SMILES string of the molecule is CN(CCCCCO)c1nccc(/C(N)=N/O)n1. The van der Waals surface area contributed by atoms with E-state index in [1.165, 1.54) is 0 Å². The summed E-state index contributed by atoms with van der Waals surface area (Å²) in [4.78, 5) is 10.2. The number of nitrogens with two attached hydrogens (primary N) is 1. The van der Waals surface area contributed by atoms with E-state index in [-0.39, 0.29) is 12.4 Å². The molecule has 0 atom stereocenters. The molecule has 0 saturated carbocycles. The zero-order valence-corrected chi connectivity index (χ0v) is 10.5. The Labute approximate surface area is 106 Å². The van der Waals surface area contributed by atoms with E-state index in [0.29, 0.717) is 11.6 Å². The lowest BCUT2D eigenvalue weighted by Crippen LogP contribution is -2.23. The Kier molecular flexibility index (Phi) is 5.86. The Morgan fingerprint density at radius 1 is 1.44 bits per heavy atom. The summed E-state index contributed by atoms with van der Waals surface area (Å²) in [5, 5.41) is 20.2. The molecule has 100 valence electrons. The minimum absolute atomic E-state index is 0.0349. The molecule has 0 spiro atoms. The Bertz CT molecular complexity index is 397.